The van der Waals surface area contributed by atoms with Gasteiger partial charge in [-0.25, -0.2) is 13.0 Å². The molecule has 0 saturated heterocycles. The van der Waals surface area contributed by atoms with E-state index in [0.29, 0.717) is 35.5 Å². The summed E-state index contributed by atoms with van der Waals surface area (Å²) in [6.07, 6.45) is 13.5. The molecule has 13 heteroatoms. The fraction of sp³-hybridized carbons (Fsp3) is 0.615. The second-order valence-electron chi connectivity index (χ2n) is 16.2. The van der Waals surface area contributed by atoms with Gasteiger partial charge in [0, 0.05) is 12.6 Å². The highest BCUT2D eigenvalue weighted by Gasteiger charge is 2.52. The van der Waals surface area contributed by atoms with Gasteiger partial charge in [-0.1, -0.05) is 62.4 Å². The van der Waals surface area contributed by atoms with Crippen LogP contribution in [0.15, 0.2) is 52.6 Å². The van der Waals surface area contributed by atoms with Gasteiger partial charge in [-0.2, -0.15) is 0 Å². The molecule has 0 unspecified atom stereocenters. The summed E-state index contributed by atoms with van der Waals surface area (Å²) in [5, 5.41) is 19.7. The topological polar surface area (TPSA) is 177 Å². The highest BCUT2D eigenvalue weighted by Crippen LogP contribution is 2.60. The first-order valence-corrected chi connectivity index (χ1v) is 19.6. The predicted molar refractivity (Wildman–Crippen MR) is 202 cm³/mol. The van der Waals surface area contributed by atoms with Crippen molar-refractivity contribution in [2.75, 3.05) is 5.73 Å². The number of imidazole rings is 1. The van der Waals surface area contributed by atoms with Crippen LogP contribution in [0.25, 0.3) is 11.2 Å². The molecule has 0 aliphatic heterocycles. The minimum atomic E-state index is -4.82. The number of hydrogen-bond acceptors (Lipinski definition) is 9. The molecule has 0 amide bonds. The van der Waals surface area contributed by atoms with Gasteiger partial charge in [0.05, 0.1) is 20.2 Å². The van der Waals surface area contributed by atoms with Crippen LogP contribution in [0.1, 0.15) is 98.5 Å². The Balaban J connectivity index is 0.000000358. The second kappa shape index (κ2) is 16.1. The largest absolute Gasteiger partial charge is 0.726 e. The average molecular weight is 742 g/mol. The van der Waals surface area contributed by atoms with Gasteiger partial charge in [-0.15, -0.1) is 0 Å². The fourth-order valence-electron chi connectivity index (χ4n) is 8.87. The maximum atomic E-state index is 11.8. The number of phenols is 2. The lowest BCUT2D eigenvalue weighted by Crippen LogP contribution is -2.49. The van der Waals surface area contributed by atoms with E-state index in [9.17, 15) is 28.0 Å². The van der Waals surface area contributed by atoms with Gasteiger partial charge in [0.15, 0.2) is 6.33 Å². The Labute approximate surface area is 309 Å². The van der Waals surface area contributed by atoms with Gasteiger partial charge in [0.25, 0.3) is 5.95 Å². The van der Waals surface area contributed by atoms with Gasteiger partial charge in [0.2, 0.25) is 15.9 Å². The molecule has 1 fully saturated rings. The molecule has 12 nitrogen and oxygen atoms in total. The number of anilines is 1. The number of aromatic nitrogens is 4. The number of aromatic hydroxyl groups is 2. The third-order valence-electron chi connectivity index (χ3n) is 11.9. The van der Waals surface area contributed by atoms with E-state index >= 15 is 0 Å². The Morgan fingerprint density at radius 3 is 2.60 bits per heavy atom. The van der Waals surface area contributed by atoms with Crippen molar-refractivity contribution in [2.24, 2.45) is 49.7 Å². The molecule has 288 valence electrons. The zero-order valence-electron chi connectivity index (χ0n) is 32.3. The van der Waals surface area contributed by atoms with E-state index < -0.39 is 16.5 Å². The van der Waals surface area contributed by atoms with Crippen LogP contribution in [-0.4, -0.2) is 43.4 Å². The summed E-state index contributed by atoms with van der Waals surface area (Å²) in [6.45, 7) is 13.3. The summed E-state index contributed by atoms with van der Waals surface area (Å²) in [7, 11) is 0.421. The molecule has 1 aromatic carbocycles. The Morgan fingerprint density at radius 1 is 1.23 bits per heavy atom. The van der Waals surface area contributed by atoms with Crippen LogP contribution in [0, 0.1) is 28.6 Å². The molecule has 0 bridgehead atoms. The van der Waals surface area contributed by atoms with E-state index in [0.717, 1.165) is 44.1 Å². The van der Waals surface area contributed by atoms with E-state index in [1.165, 1.54) is 28.7 Å². The molecular weight excluding hydrogens is 683 g/mol. The predicted octanol–water partition coefficient (Wildman–Crippen LogP) is 6.11. The van der Waals surface area contributed by atoms with Crippen LogP contribution in [0.2, 0.25) is 0 Å². The van der Waals surface area contributed by atoms with Crippen LogP contribution >= 0.6 is 0 Å². The maximum absolute atomic E-state index is 11.8. The molecule has 2 aliphatic rings. The highest BCUT2D eigenvalue weighted by atomic mass is 32.3. The van der Waals surface area contributed by atoms with Crippen molar-refractivity contribution < 1.29 is 31.9 Å². The van der Waals surface area contributed by atoms with Crippen molar-refractivity contribution in [3.05, 3.63) is 63.7 Å². The second-order valence-corrected chi connectivity index (χ2v) is 17.2. The van der Waals surface area contributed by atoms with Crippen molar-refractivity contribution in [3.63, 3.8) is 0 Å². The third kappa shape index (κ3) is 9.45. The first-order chi connectivity index (χ1) is 24.1. The first kappa shape index (κ1) is 41.1. The number of benzene rings is 1. The van der Waals surface area contributed by atoms with E-state index in [2.05, 4.69) is 38.8 Å². The Hall–Kier alpha value is -3.68. The van der Waals surface area contributed by atoms with Gasteiger partial charge < -0.3 is 20.5 Å². The molecule has 4 N–H and O–H groups in total. The van der Waals surface area contributed by atoms with Crippen molar-refractivity contribution in [1.82, 2.24) is 14.1 Å². The minimum Gasteiger partial charge on any atom is -0.726 e. The number of rotatable bonds is 11. The van der Waals surface area contributed by atoms with Crippen LogP contribution in [-0.2, 0) is 42.1 Å². The summed E-state index contributed by atoms with van der Waals surface area (Å²) in [5.74, 6) is 1.13. The molecule has 2 aliphatic carbocycles. The molecule has 1 saturated carbocycles. The van der Waals surface area contributed by atoms with Crippen molar-refractivity contribution in [3.8, 4) is 11.5 Å². The molecule has 5 atom stereocenters. The lowest BCUT2D eigenvalue weighted by atomic mass is 9.48. The van der Waals surface area contributed by atoms with E-state index in [4.69, 9.17) is 9.92 Å². The molecule has 5 rings (SSSR count). The maximum Gasteiger partial charge on any atom is 0.311 e. The molecule has 3 aromatic rings. The Bertz CT molecular complexity index is 1980. The smallest absolute Gasteiger partial charge is 0.311 e. The van der Waals surface area contributed by atoms with Crippen molar-refractivity contribution >= 4 is 27.5 Å². The number of nitrogens with zero attached hydrogens (tertiary/aromatic N) is 4. The molecule has 0 spiro atoms. The Morgan fingerprint density at radius 2 is 1.92 bits per heavy atom. The number of allylic oxidation sites excluding steroid dienone is 4. The number of nitrogens with two attached hydrogens (primary N) is 1. The number of hydrogen-bond donors (Lipinski definition) is 3. The summed E-state index contributed by atoms with van der Waals surface area (Å²) >= 11 is 0. The normalized spacial score (nSPS) is 23.0. The SMILES string of the molecule is CC1=CC[C@H]2C(C)(C)CCC[C@]2(C)[C@H]1C[C@@H](OS(=O)(=O)[O-])[C@H](C)CCC/C(C)=C/Cc1cc(O)ccc1O.Cn1c(N)nc2c(c1=O)n(C)c[n+]2C. The zero-order valence-corrected chi connectivity index (χ0v) is 33.2. The van der Waals surface area contributed by atoms with Crippen LogP contribution in [0.3, 0.4) is 0 Å². The number of aryl methyl sites for hydroxylation is 2. The monoisotopic (exact) mass is 741 g/mol. The molecule has 2 aromatic heterocycles. The zero-order chi connectivity index (χ0) is 38.8. The third-order valence-corrected chi connectivity index (χ3v) is 12.4. The highest BCUT2D eigenvalue weighted by molar-refractivity contribution is 7.80. The van der Waals surface area contributed by atoms with E-state index in [1.54, 1.807) is 28.6 Å². The summed E-state index contributed by atoms with van der Waals surface area (Å²) in [6, 6.07) is 4.50. The van der Waals surface area contributed by atoms with Crippen LogP contribution in [0.4, 0.5) is 5.95 Å². The first-order valence-electron chi connectivity index (χ1n) is 18.3. The van der Waals surface area contributed by atoms with Crippen molar-refractivity contribution in [2.45, 2.75) is 105 Å². The minimum absolute atomic E-state index is 0.0608. The van der Waals surface area contributed by atoms with Gasteiger partial charge in [-0.05, 0) is 112 Å². The fourth-order valence-corrected chi connectivity index (χ4v) is 9.45. The molecule has 52 heavy (non-hydrogen) atoms. The Kier molecular flexibility index (Phi) is 12.7. The molecule has 2 heterocycles. The van der Waals surface area contributed by atoms with E-state index in [1.807, 2.05) is 34.0 Å². The lowest BCUT2D eigenvalue weighted by Gasteiger charge is -2.57. The van der Waals surface area contributed by atoms with Crippen LogP contribution in [0.5, 0.6) is 11.5 Å². The molecule has 0 radical (unpaired) electrons. The number of fused-ring (bicyclic) bond motifs is 2. The summed E-state index contributed by atoms with van der Waals surface area (Å²) < 4.78 is 45.3. The van der Waals surface area contributed by atoms with Gasteiger partial charge in [-0.3, -0.25) is 18.1 Å². The molecular formula is C39H59N5O7S. The van der Waals surface area contributed by atoms with Gasteiger partial charge >= 0.3 is 11.2 Å². The quantitative estimate of drug-likeness (QED) is 0.0689. The van der Waals surface area contributed by atoms with Crippen molar-refractivity contribution in [1.29, 1.82) is 0 Å². The van der Waals surface area contributed by atoms with E-state index in [-0.39, 0.29) is 45.7 Å². The number of phenolic OH excluding ortho intramolecular Hbond substituents is 2. The lowest BCUT2D eigenvalue weighted by molar-refractivity contribution is -0.647. The average Bonchev–Trinajstić information content (AvgIpc) is 3.32. The summed E-state index contributed by atoms with van der Waals surface area (Å²) in [4.78, 5) is 15.9. The number of nitrogen functional groups attached to an aromatic ring is 1. The van der Waals surface area contributed by atoms with Gasteiger partial charge in [0.1, 0.15) is 11.5 Å². The summed E-state index contributed by atoms with van der Waals surface area (Å²) in [5.41, 5.74) is 10.0. The van der Waals surface area contributed by atoms with Crippen LogP contribution < -0.4 is 15.9 Å². The standard InChI is InChI=1S/C31H48O6S.C8H11N5O/c1-21(11-13-24-19-25(32)14-15-27(24)33)9-7-10-23(3)28(37-38(34,35)36)20-26-22(2)12-16-29-30(4,5)17-8-18-31(26,29)6;1-11-4-12(2)6-5(11)7(14)13(3)8(9)10-6/h11-12,14-15,19,23,26,28-29,32-33H,7-10,13,16-18,20H2,1-6H3,(H,34,35,36);4H,1-3H3,(H-,9,10,14)/b21-11+;/t23-,26+,28-,29+,31-;/m1./s1.